The minimum Gasteiger partial charge on any atom is -0.366 e. The van der Waals surface area contributed by atoms with Gasteiger partial charge in [-0.15, -0.1) is 0 Å². The van der Waals surface area contributed by atoms with Crippen LogP contribution in [0.3, 0.4) is 0 Å². The Morgan fingerprint density at radius 3 is 2.64 bits per heavy atom. The molecule has 4 rings (SSSR count). The van der Waals surface area contributed by atoms with Crippen LogP contribution >= 0.6 is 0 Å². The average Bonchev–Trinajstić information content (AvgIpc) is 3.33. The fourth-order valence-corrected chi connectivity index (χ4v) is 3.55. The number of nitrogens with one attached hydrogen (secondary N) is 1. The van der Waals surface area contributed by atoms with E-state index in [-0.39, 0.29) is 17.4 Å². The van der Waals surface area contributed by atoms with Crippen molar-refractivity contribution in [3.63, 3.8) is 0 Å². The number of halogens is 1. The molecule has 0 amide bonds. The molecule has 0 bridgehead atoms. The molecule has 1 aromatic heterocycles. The van der Waals surface area contributed by atoms with E-state index in [4.69, 9.17) is 0 Å². The van der Waals surface area contributed by atoms with Crippen LogP contribution in [-0.4, -0.2) is 30.7 Å². The number of aromatic nitrogens is 1. The molecule has 2 heterocycles. The first-order chi connectivity index (χ1) is 10.7. The molecular formula is C17H20FN3O. The third-order valence-electron chi connectivity index (χ3n) is 4.72. The lowest BCUT2D eigenvalue weighted by Gasteiger charge is -2.31. The van der Waals surface area contributed by atoms with Gasteiger partial charge in [-0.1, -0.05) is 0 Å². The quantitative estimate of drug-likeness (QED) is 0.924. The Hall–Kier alpha value is -1.88. The van der Waals surface area contributed by atoms with Crippen LogP contribution in [0.2, 0.25) is 0 Å². The lowest BCUT2D eigenvalue weighted by molar-refractivity contribution is 0.565. The largest absolute Gasteiger partial charge is 0.366 e. The summed E-state index contributed by atoms with van der Waals surface area (Å²) in [4.78, 5) is 14.4. The number of aryl methyl sites for hydroxylation is 1. The number of nitrogens with zero attached hydrogens (tertiary/aromatic N) is 2. The molecule has 5 heteroatoms. The third-order valence-corrected chi connectivity index (χ3v) is 4.72. The Balaban J connectivity index is 1.97. The zero-order valence-corrected chi connectivity index (χ0v) is 12.7. The third kappa shape index (κ3) is 2.11. The second-order valence-electron chi connectivity index (χ2n) is 6.28. The molecule has 1 saturated heterocycles. The number of hydrogen-bond acceptors (Lipinski definition) is 3. The molecule has 1 aliphatic carbocycles. The van der Waals surface area contributed by atoms with E-state index in [9.17, 15) is 9.18 Å². The maximum absolute atomic E-state index is 14.7. The van der Waals surface area contributed by atoms with E-state index in [0.29, 0.717) is 5.69 Å². The minimum absolute atomic E-state index is 0.0240. The van der Waals surface area contributed by atoms with Crippen LogP contribution in [0.15, 0.2) is 23.0 Å². The van der Waals surface area contributed by atoms with Crippen LogP contribution in [0.25, 0.3) is 10.9 Å². The lowest BCUT2D eigenvalue weighted by atomic mass is 10.1. The zero-order valence-electron chi connectivity index (χ0n) is 12.7. The zero-order chi connectivity index (χ0) is 15.3. The number of rotatable bonds is 2. The molecule has 2 aliphatic rings. The van der Waals surface area contributed by atoms with Gasteiger partial charge in [-0.05, 0) is 37.5 Å². The number of hydrogen-bond donors (Lipinski definition) is 1. The Bertz CT molecular complexity index is 789. The number of anilines is 1. The van der Waals surface area contributed by atoms with Gasteiger partial charge in [0.1, 0.15) is 5.82 Å². The summed E-state index contributed by atoms with van der Waals surface area (Å²) >= 11 is 0. The van der Waals surface area contributed by atoms with E-state index < -0.39 is 0 Å². The van der Waals surface area contributed by atoms with Crippen LogP contribution in [0.4, 0.5) is 10.1 Å². The molecule has 4 nitrogen and oxygen atoms in total. The maximum Gasteiger partial charge on any atom is 0.251 e. The lowest BCUT2D eigenvalue weighted by Crippen LogP contribution is -2.44. The van der Waals surface area contributed by atoms with Gasteiger partial charge >= 0.3 is 0 Å². The average molecular weight is 301 g/mol. The fourth-order valence-electron chi connectivity index (χ4n) is 3.55. The van der Waals surface area contributed by atoms with Crippen molar-refractivity contribution in [1.29, 1.82) is 0 Å². The maximum atomic E-state index is 14.7. The van der Waals surface area contributed by atoms with Gasteiger partial charge < -0.3 is 14.8 Å². The van der Waals surface area contributed by atoms with Gasteiger partial charge in [0.2, 0.25) is 0 Å². The predicted molar refractivity (Wildman–Crippen MR) is 86.3 cm³/mol. The molecule has 0 spiro atoms. The first-order valence-electron chi connectivity index (χ1n) is 7.97. The van der Waals surface area contributed by atoms with Crippen molar-refractivity contribution in [1.82, 2.24) is 9.88 Å². The van der Waals surface area contributed by atoms with E-state index in [0.717, 1.165) is 55.5 Å². The van der Waals surface area contributed by atoms with Gasteiger partial charge in [-0.25, -0.2) is 4.39 Å². The number of fused-ring (bicyclic) bond motifs is 1. The van der Waals surface area contributed by atoms with Crippen molar-refractivity contribution >= 4 is 16.6 Å². The van der Waals surface area contributed by atoms with Gasteiger partial charge in [-0.2, -0.15) is 0 Å². The molecule has 2 fully saturated rings. The normalized spacial score (nSPS) is 18.9. The standard InChI is InChI=1S/C17H20FN3O/c1-11-16-12(2-5-15(22)21(16)13-3-4-13)10-14(18)17(11)20-8-6-19-7-9-20/h2,5,10,13,19H,3-4,6-9H2,1H3. The van der Waals surface area contributed by atoms with E-state index in [2.05, 4.69) is 10.2 Å². The van der Waals surface area contributed by atoms with Crippen LogP contribution in [0, 0.1) is 12.7 Å². The van der Waals surface area contributed by atoms with Gasteiger partial charge in [0.15, 0.2) is 0 Å². The van der Waals surface area contributed by atoms with Crippen LogP contribution in [-0.2, 0) is 0 Å². The van der Waals surface area contributed by atoms with E-state index in [1.165, 1.54) is 0 Å². The number of benzene rings is 1. The van der Waals surface area contributed by atoms with Crippen molar-refractivity contribution in [2.24, 2.45) is 0 Å². The predicted octanol–water partition coefficient (Wildman–Crippen LogP) is 2.19. The molecule has 1 aliphatic heterocycles. The molecular weight excluding hydrogens is 281 g/mol. The van der Waals surface area contributed by atoms with Crippen LogP contribution in [0.1, 0.15) is 24.4 Å². The first-order valence-corrected chi connectivity index (χ1v) is 7.97. The smallest absolute Gasteiger partial charge is 0.251 e. The Morgan fingerprint density at radius 1 is 1.23 bits per heavy atom. The summed E-state index contributed by atoms with van der Waals surface area (Å²) in [6.45, 7) is 5.26. The molecule has 22 heavy (non-hydrogen) atoms. The molecule has 0 unspecified atom stereocenters. The Kier molecular flexibility index (Phi) is 3.18. The monoisotopic (exact) mass is 301 g/mol. The van der Waals surface area contributed by atoms with E-state index >= 15 is 0 Å². The molecule has 1 N–H and O–H groups in total. The molecule has 1 aromatic carbocycles. The molecule has 116 valence electrons. The molecule has 2 aromatic rings. The van der Waals surface area contributed by atoms with Crippen molar-refractivity contribution in [3.8, 4) is 0 Å². The van der Waals surface area contributed by atoms with Gasteiger partial charge in [0, 0.05) is 43.7 Å². The SMILES string of the molecule is Cc1c(N2CCNCC2)c(F)cc2ccc(=O)n(C3CC3)c12. The highest BCUT2D eigenvalue weighted by Gasteiger charge is 2.28. The highest BCUT2D eigenvalue weighted by molar-refractivity contribution is 5.88. The summed E-state index contributed by atoms with van der Waals surface area (Å²) in [7, 11) is 0. The topological polar surface area (TPSA) is 37.3 Å². The van der Waals surface area contributed by atoms with Crippen molar-refractivity contribution < 1.29 is 4.39 Å². The summed E-state index contributed by atoms with van der Waals surface area (Å²) in [5.74, 6) is -0.187. The number of piperazine rings is 1. The van der Waals surface area contributed by atoms with Crippen LogP contribution < -0.4 is 15.8 Å². The second-order valence-corrected chi connectivity index (χ2v) is 6.28. The highest BCUT2D eigenvalue weighted by Crippen LogP contribution is 2.39. The molecule has 0 atom stereocenters. The van der Waals surface area contributed by atoms with Gasteiger partial charge in [-0.3, -0.25) is 4.79 Å². The van der Waals surface area contributed by atoms with E-state index in [1.54, 1.807) is 18.2 Å². The van der Waals surface area contributed by atoms with Crippen LogP contribution in [0.5, 0.6) is 0 Å². The first kappa shape index (κ1) is 13.8. The summed E-state index contributed by atoms with van der Waals surface area (Å²) < 4.78 is 16.5. The Morgan fingerprint density at radius 2 is 1.95 bits per heavy atom. The second kappa shape index (κ2) is 5.09. The summed E-state index contributed by atoms with van der Waals surface area (Å²) in [6, 6.07) is 5.17. The van der Waals surface area contributed by atoms with E-state index in [1.807, 2.05) is 11.5 Å². The highest BCUT2D eigenvalue weighted by atomic mass is 19.1. The van der Waals surface area contributed by atoms with Crippen molar-refractivity contribution in [2.75, 3.05) is 31.1 Å². The van der Waals surface area contributed by atoms with Crippen molar-refractivity contribution in [3.05, 3.63) is 39.9 Å². The van der Waals surface area contributed by atoms with Gasteiger partial charge in [0.05, 0.1) is 11.2 Å². The van der Waals surface area contributed by atoms with Crippen molar-refractivity contribution in [2.45, 2.75) is 25.8 Å². The van der Waals surface area contributed by atoms with Gasteiger partial charge in [0.25, 0.3) is 5.56 Å². The molecule has 1 saturated carbocycles. The fraction of sp³-hybridized carbons (Fsp3) is 0.471. The minimum atomic E-state index is -0.187. The molecule has 0 radical (unpaired) electrons. The Labute approximate surface area is 128 Å². The summed E-state index contributed by atoms with van der Waals surface area (Å²) in [5.41, 5.74) is 2.48. The summed E-state index contributed by atoms with van der Waals surface area (Å²) in [6.07, 6.45) is 2.08. The summed E-state index contributed by atoms with van der Waals surface area (Å²) in [5, 5.41) is 4.11. The number of pyridine rings is 1.